The molecule has 2 aromatic rings. The maximum absolute atomic E-state index is 13.4. The number of rotatable bonds is 1. The second-order valence-corrected chi connectivity index (χ2v) is 4.77. The van der Waals surface area contributed by atoms with Crippen molar-refractivity contribution in [1.29, 1.82) is 5.26 Å². The molecule has 1 aromatic heterocycles. The molecule has 0 spiro atoms. The zero-order chi connectivity index (χ0) is 14.2. The van der Waals surface area contributed by atoms with Crippen molar-refractivity contribution in [2.45, 2.75) is 0 Å². The standard InChI is InChI=1S/C11H4BrClFN3O2/c12-6-1-2-7(5(3-6)4-15)17-10(18)8(14)9(13)16-11(17)19/h1-3H,(H,16,19). The van der Waals surface area contributed by atoms with Crippen LogP contribution in [0.25, 0.3) is 5.69 Å². The molecule has 1 heterocycles. The van der Waals surface area contributed by atoms with Gasteiger partial charge < -0.3 is 0 Å². The minimum Gasteiger partial charge on any atom is -0.295 e. The smallest absolute Gasteiger partial charge is 0.295 e. The number of benzene rings is 1. The topological polar surface area (TPSA) is 78.7 Å². The number of nitrogens with zero attached hydrogens (tertiary/aromatic N) is 2. The van der Waals surface area contributed by atoms with Crippen LogP contribution in [-0.2, 0) is 0 Å². The van der Waals surface area contributed by atoms with E-state index in [-0.39, 0.29) is 11.3 Å². The Morgan fingerprint density at radius 3 is 2.74 bits per heavy atom. The summed E-state index contributed by atoms with van der Waals surface area (Å²) in [5, 5.41) is 8.33. The SMILES string of the molecule is N#Cc1cc(Br)ccc1-n1c(=O)[nH]c(Cl)c(F)c1=O. The molecule has 0 atom stereocenters. The molecule has 1 N–H and O–H groups in total. The van der Waals surface area contributed by atoms with Gasteiger partial charge >= 0.3 is 5.69 Å². The van der Waals surface area contributed by atoms with Crippen molar-refractivity contribution in [1.82, 2.24) is 9.55 Å². The number of aromatic amines is 1. The molecule has 0 radical (unpaired) electrons. The summed E-state index contributed by atoms with van der Waals surface area (Å²) in [5.74, 6) is -1.28. The van der Waals surface area contributed by atoms with Gasteiger partial charge in [0.2, 0.25) is 5.82 Å². The van der Waals surface area contributed by atoms with Crippen molar-refractivity contribution < 1.29 is 4.39 Å². The minimum absolute atomic E-state index is 0.0208. The first kappa shape index (κ1) is 13.5. The summed E-state index contributed by atoms with van der Waals surface area (Å²) in [5.41, 5.74) is -2.11. The number of hydrogen-bond donors (Lipinski definition) is 1. The third-order valence-electron chi connectivity index (χ3n) is 2.32. The summed E-state index contributed by atoms with van der Waals surface area (Å²) in [7, 11) is 0. The zero-order valence-electron chi connectivity index (χ0n) is 9.08. The normalized spacial score (nSPS) is 10.2. The molecule has 0 saturated carbocycles. The van der Waals surface area contributed by atoms with Crippen LogP contribution in [0.3, 0.4) is 0 Å². The van der Waals surface area contributed by atoms with Gasteiger partial charge in [-0.2, -0.15) is 9.65 Å². The average molecular weight is 345 g/mol. The third kappa shape index (κ3) is 2.32. The van der Waals surface area contributed by atoms with Crippen molar-refractivity contribution in [2.75, 3.05) is 0 Å². The van der Waals surface area contributed by atoms with Gasteiger partial charge in [0.15, 0.2) is 5.15 Å². The van der Waals surface area contributed by atoms with Crippen LogP contribution >= 0.6 is 27.5 Å². The highest BCUT2D eigenvalue weighted by atomic mass is 79.9. The van der Waals surface area contributed by atoms with Gasteiger partial charge in [-0.25, -0.2) is 9.36 Å². The maximum atomic E-state index is 13.4. The fourth-order valence-corrected chi connectivity index (χ4v) is 2.02. The van der Waals surface area contributed by atoms with Crippen LogP contribution in [0.1, 0.15) is 5.56 Å². The van der Waals surface area contributed by atoms with E-state index < -0.39 is 22.2 Å². The quantitative estimate of drug-likeness (QED) is 0.803. The summed E-state index contributed by atoms with van der Waals surface area (Å²) >= 11 is 8.51. The molecular weight excluding hydrogens is 340 g/mol. The van der Waals surface area contributed by atoms with Crippen LogP contribution in [0.4, 0.5) is 4.39 Å². The van der Waals surface area contributed by atoms with Gasteiger partial charge in [0.05, 0.1) is 11.3 Å². The van der Waals surface area contributed by atoms with Crippen LogP contribution in [0, 0.1) is 17.1 Å². The number of hydrogen-bond acceptors (Lipinski definition) is 3. The summed E-state index contributed by atoms with van der Waals surface area (Å²) < 4.78 is 14.6. The Bertz CT molecular complexity index is 822. The molecule has 5 nitrogen and oxygen atoms in total. The van der Waals surface area contributed by atoms with E-state index in [1.54, 1.807) is 0 Å². The van der Waals surface area contributed by atoms with E-state index in [1.807, 2.05) is 11.1 Å². The Balaban J connectivity index is 2.89. The first-order chi connectivity index (χ1) is 8.95. The predicted molar refractivity (Wildman–Crippen MR) is 70.0 cm³/mol. The van der Waals surface area contributed by atoms with Gasteiger partial charge in [-0.1, -0.05) is 27.5 Å². The van der Waals surface area contributed by atoms with Crippen LogP contribution in [-0.4, -0.2) is 9.55 Å². The number of H-pyrrole nitrogens is 1. The van der Waals surface area contributed by atoms with Gasteiger partial charge in [0, 0.05) is 4.47 Å². The molecule has 0 unspecified atom stereocenters. The summed E-state index contributed by atoms with van der Waals surface area (Å²) in [6.07, 6.45) is 0. The van der Waals surface area contributed by atoms with Crippen molar-refractivity contribution in [3.63, 3.8) is 0 Å². The summed E-state index contributed by atoms with van der Waals surface area (Å²) in [6, 6.07) is 6.11. The zero-order valence-corrected chi connectivity index (χ0v) is 11.4. The first-order valence-corrected chi connectivity index (χ1v) is 6.03. The van der Waals surface area contributed by atoms with E-state index in [4.69, 9.17) is 16.9 Å². The van der Waals surface area contributed by atoms with Gasteiger partial charge in [0.1, 0.15) is 6.07 Å². The van der Waals surface area contributed by atoms with Crippen LogP contribution in [0.2, 0.25) is 5.15 Å². The Hall–Kier alpha value is -1.91. The van der Waals surface area contributed by atoms with Crippen LogP contribution in [0.5, 0.6) is 0 Å². The number of nitrogens with one attached hydrogen (secondary N) is 1. The first-order valence-electron chi connectivity index (χ1n) is 4.86. The van der Waals surface area contributed by atoms with E-state index in [9.17, 15) is 14.0 Å². The highest BCUT2D eigenvalue weighted by Gasteiger charge is 2.16. The molecule has 1 aromatic carbocycles. The molecule has 0 saturated heterocycles. The van der Waals surface area contributed by atoms with Gasteiger partial charge in [-0.3, -0.25) is 9.78 Å². The monoisotopic (exact) mass is 343 g/mol. The largest absolute Gasteiger partial charge is 0.334 e. The molecule has 19 heavy (non-hydrogen) atoms. The highest BCUT2D eigenvalue weighted by Crippen LogP contribution is 2.18. The fraction of sp³-hybridized carbons (Fsp3) is 0. The van der Waals surface area contributed by atoms with Crippen LogP contribution in [0.15, 0.2) is 32.3 Å². The third-order valence-corrected chi connectivity index (χ3v) is 3.08. The molecule has 0 bridgehead atoms. The minimum atomic E-state index is -1.28. The van der Waals surface area contributed by atoms with Crippen molar-refractivity contribution in [3.05, 3.63) is 60.0 Å². The molecule has 0 amide bonds. The lowest BCUT2D eigenvalue weighted by atomic mass is 10.2. The molecule has 96 valence electrons. The lowest BCUT2D eigenvalue weighted by Gasteiger charge is -2.07. The van der Waals surface area contributed by atoms with E-state index >= 15 is 0 Å². The highest BCUT2D eigenvalue weighted by molar-refractivity contribution is 9.10. The Morgan fingerprint density at radius 1 is 1.42 bits per heavy atom. The van der Waals surface area contributed by atoms with Gasteiger partial charge in [-0.05, 0) is 18.2 Å². The van der Waals surface area contributed by atoms with E-state index in [1.165, 1.54) is 18.2 Å². The summed E-state index contributed by atoms with van der Waals surface area (Å²) in [4.78, 5) is 25.4. The molecule has 0 fully saturated rings. The van der Waals surface area contributed by atoms with Gasteiger partial charge in [-0.15, -0.1) is 0 Å². The lowest BCUT2D eigenvalue weighted by Crippen LogP contribution is -2.36. The molecule has 0 aliphatic rings. The average Bonchev–Trinajstić information content (AvgIpc) is 2.37. The van der Waals surface area contributed by atoms with E-state index in [0.29, 0.717) is 9.04 Å². The summed E-state index contributed by atoms with van der Waals surface area (Å²) in [6.45, 7) is 0. The van der Waals surface area contributed by atoms with E-state index in [0.717, 1.165) is 0 Å². The number of nitriles is 1. The molecule has 0 aliphatic carbocycles. The van der Waals surface area contributed by atoms with Crippen molar-refractivity contribution in [3.8, 4) is 11.8 Å². The Morgan fingerprint density at radius 2 is 2.11 bits per heavy atom. The Kier molecular flexibility index (Phi) is 3.55. The predicted octanol–water partition coefficient (Wildman–Crippen LogP) is 1.95. The fourth-order valence-electron chi connectivity index (χ4n) is 1.50. The van der Waals surface area contributed by atoms with Crippen molar-refractivity contribution in [2.24, 2.45) is 0 Å². The molecule has 0 aliphatic heterocycles. The number of aromatic nitrogens is 2. The Labute approximate surface area is 119 Å². The van der Waals surface area contributed by atoms with Gasteiger partial charge in [0.25, 0.3) is 5.56 Å². The lowest BCUT2D eigenvalue weighted by molar-refractivity contribution is 0.584. The molecule has 8 heteroatoms. The maximum Gasteiger partial charge on any atom is 0.334 e. The number of halogens is 3. The van der Waals surface area contributed by atoms with Crippen molar-refractivity contribution >= 4 is 27.5 Å². The molecule has 2 rings (SSSR count). The second-order valence-electron chi connectivity index (χ2n) is 3.47. The molecular formula is C11H4BrClFN3O2. The second kappa shape index (κ2) is 4.99. The van der Waals surface area contributed by atoms with E-state index in [2.05, 4.69) is 15.9 Å². The van der Waals surface area contributed by atoms with Crippen LogP contribution < -0.4 is 11.2 Å².